The second-order valence-electron chi connectivity index (χ2n) is 5.98. The molecule has 0 aromatic heterocycles. The maximum Gasteiger partial charge on any atom is 0.319 e. The van der Waals surface area contributed by atoms with Crippen LogP contribution < -0.4 is 0 Å². The van der Waals surface area contributed by atoms with E-state index < -0.39 is 0 Å². The number of rotatable bonds is 3. The highest BCUT2D eigenvalue weighted by molar-refractivity contribution is 5.97. The molecule has 0 aliphatic carbocycles. The van der Waals surface area contributed by atoms with E-state index in [-0.39, 0.29) is 24.2 Å². The number of methoxy groups -OCH3 is 1. The zero-order valence-electron chi connectivity index (χ0n) is 14.0. The van der Waals surface area contributed by atoms with Crippen LogP contribution in [0.1, 0.15) is 27.9 Å². The summed E-state index contributed by atoms with van der Waals surface area (Å²) in [5.74, 6) is -0.373. The van der Waals surface area contributed by atoms with Gasteiger partial charge in [-0.1, -0.05) is 6.07 Å². The molecule has 1 saturated heterocycles. The van der Waals surface area contributed by atoms with Gasteiger partial charge in [-0.25, -0.2) is 0 Å². The number of esters is 1. The molecule has 0 spiro atoms. The first-order valence-electron chi connectivity index (χ1n) is 7.81. The first kappa shape index (κ1) is 17.3. The molecule has 0 bridgehead atoms. The minimum absolute atomic E-state index is 0.0521. The van der Waals surface area contributed by atoms with E-state index >= 15 is 0 Å². The van der Waals surface area contributed by atoms with Gasteiger partial charge in [0.05, 0.1) is 19.2 Å². The van der Waals surface area contributed by atoms with E-state index in [0.29, 0.717) is 30.8 Å². The fraction of sp³-hybridized carbons (Fsp3) is 0.529. The Morgan fingerprint density at radius 2 is 1.91 bits per heavy atom. The van der Waals surface area contributed by atoms with Gasteiger partial charge in [-0.05, 0) is 37.5 Å². The minimum atomic E-state index is -0.267. The summed E-state index contributed by atoms with van der Waals surface area (Å²) in [7, 11) is 1.37. The summed E-state index contributed by atoms with van der Waals surface area (Å²) >= 11 is 0. The SMILES string of the molecule is COC(=O)CN1CCCN(C(=O)c2cc(C)cc(C)c2O)CC1. The number of nitrogens with zero attached hydrogens (tertiary/aromatic N) is 2. The molecule has 1 aromatic rings. The van der Waals surface area contributed by atoms with Crippen LogP contribution in [0.5, 0.6) is 5.75 Å². The van der Waals surface area contributed by atoms with Crippen molar-refractivity contribution in [2.45, 2.75) is 20.3 Å². The molecule has 1 fully saturated rings. The average Bonchev–Trinajstić information content (AvgIpc) is 2.75. The predicted molar refractivity (Wildman–Crippen MR) is 86.6 cm³/mol. The first-order valence-corrected chi connectivity index (χ1v) is 7.81. The molecule has 6 nitrogen and oxygen atoms in total. The van der Waals surface area contributed by atoms with Crippen LogP contribution in [0.15, 0.2) is 12.1 Å². The molecule has 6 heteroatoms. The van der Waals surface area contributed by atoms with E-state index in [1.54, 1.807) is 17.9 Å². The third kappa shape index (κ3) is 4.22. The standard InChI is InChI=1S/C17H24N2O4/c1-12-9-13(2)16(21)14(10-12)17(22)19-6-4-5-18(7-8-19)11-15(20)23-3/h9-10,21H,4-8,11H2,1-3H3. The number of carbonyl (C=O) groups excluding carboxylic acids is 2. The fourth-order valence-electron chi connectivity index (χ4n) is 2.87. The monoisotopic (exact) mass is 320 g/mol. The van der Waals surface area contributed by atoms with E-state index in [0.717, 1.165) is 18.5 Å². The lowest BCUT2D eigenvalue weighted by Crippen LogP contribution is -2.37. The summed E-state index contributed by atoms with van der Waals surface area (Å²) in [6.07, 6.45) is 0.786. The zero-order chi connectivity index (χ0) is 17.0. The molecule has 0 radical (unpaired) electrons. The lowest BCUT2D eigenvalue weighted by atomic mass is 10.0. The van der Waals surface area contributed by atoms with Crippen molar-refractivity contribution in [1.29, 1.82) is 0 Å². The Morgan fingerprint density at radius 3 is 2.61 bits per heavy atom. The Balaban J connectivity index is 2.08. The Hall–Kier alpha value is -2.08. The summed E-state index contributed by atoms with van der Waals surface area (Å²) in [4.78, 5) is 27.8. The van der Waals surface area contributed by atoms with Crippen molar-refractivity contribution in [2.24, 2.45) is 0 Å². The lowest BCUT2D eigenvalue weighted by molar-refractivity contribution is -0.141. The van der Waals surface area contributed by atoms with E-state index in [1.807, 2.05) is 17.9 Å². The van der Waals surface area contributed by atoms with Gasteiger partial charge in [0.25, 0.3) is 5.91 Å². The van der Waals surface area contributed by atoms with Crippen LogP contribution in [-0.2, 0) is 9.53 Å². The van der Waals surface area contributed by atoms with Crippen LogP contribution in [-0.4, -0.2) is 66.6 Å². The van der Waals surface area contributed by atoms with Crippen molar-refractivity contribution in [3.8, 4) is 5.75 Å². The van der Waals surface area contributed by atoms with Gasteiger partial charge in [0.2, 0.25) is 0 Å². The van der Waals surface area contributed by atoms with Crippen LogP contribution in [0.3, 0.4) is 0 Å². The van der Waals surface area contributed by atoms with Crippen LogP contribution in [0, 0.1) is 13.8 Å². The van der Waals surface area contributed by atoms with Gasteiger partial charge in [0.15, 0.2) is 0 Å². The number of aryl methyl sites for hydroxylation is 2. The van der Waals surface area contributed by atoms with Crippen LogP contribution in [0.25, 0.3) is 0 Å². The normalized spacial score (nSPS) is 16.0. The molecule has 1 aliphatic heterocycles. The second-order valence-corrected chi connectivity index (χ2v) is 5.98. The zero-order valence-corrected chi connectivity index (χ0v) is 14.0. The number of aromatic hydroxyl groups is 1. The van der Waals surface area contributed by atoms with Crippen molar-refractivity contribution in [2.75, 3.05) is 39.8 Å². The second kappa shape index (κ2) is 7.46. The quantitative estimate of drug-likeness (QED) is 0.851. The van der Waals surface area contributed by atoms with E-state index in [9.17, 15) is 14.7 Å². The summed E-state index contributed by atoms with van der Waals surface area (Å²) in [5, 5.41) is 10.2. The Labute approximate surface area is 136 Å². The Bertz CT molecular complexity index is 601. The van der Waals surface area contributed by atoms with Gasteiger partial charge >= 0.3 is 5.97 Å². The highest BCUT2D eigenvalue weighted by Gasteiger charge is 2.24. The maximum absolute atomic E-state index is 12.7. The van der Waals surface area contributed by atoms with Crippen LogP contribution in [0.2, 0.25) is 0 Å². The molecule has 1 N–H and O–H groups in total. The minimum Gasteiger partial charge on any atom is -0.507 e. The number of phenols is 1. The lowest BCUT2D eigenvalue weighted by Gasteiger charge is -2.22. The Kier molecular flexibility index (Phi) is 5.60. The third-order valence-electron chi connectivity index (χ3n) is 4.13. The smallest absolute Gasteiger partial charge is 0.319 e. The van der Waals surface area contributed by atoms with Crippen LogP contribution >= 0.6 is 0 Å². The Morgan fingerprint density at radius 1 is 1.17 bits per heavy atom. The summed E-state index contributed by atoms with van der Waals surface area (Å²) in [5.41, 5.74) is 2.00. The number of amides is 1. The third-order valence-corrected chi connectivity index (χ3v) is 4.13. The molecule has 1 aromatic carbocycles. The first-order chi connectivity index (χ1) is 10.9. The van der Waals surface area contributed by atoms with Crippen molar-refractivity contribution in [3.05, 3.63) is 28.8 Å². The van der Waals surface area contributed by atoms with E-state index in [2.05, 4.69) is 4.74 Å². The number of benzene rings is 1. The van der Waals surface area contributed by atoms with Crippen molar-refractivity contribution in [3.63, 3.8) is 0 Å². The average molecular weight is 320 g/mol. The molecule has 126 valence electrons. The highest BCUT2D eigenvalue weighted by Crippen LogP contribution is 2.25. The molecule has 2 rings (SSSR count). The van der Waals surface area contributed by atoms with E-state index in [1.165, 1.54) is 7.11 Å². The molecule has 1 amide bonds. The number of hydrogen-bond donors (Lipinski definition) is 1. The van der Waals surface area contributed by atoms with Gasteiger partial charge < -0.3 is 14.7 Å². The van der Waals surface area contributed by atoms with Crippen LogP contribution in [0.4, 0.5) is 0 Å². The van der Waals surface area contributed by atoms with Gasteiger partial charge in [-0.15, -0.1) is 0 Å². The molecule has 0 atom stereocenters. The predicted octanol–water partition coefficient (Wildman–Crippen LogP) is 1.33. The number of ether oxygens (including phenoxy) is 1. The van der Waals surface area contributed by atoms with E-state index in [4.69, 9.17) is 0 Å². The molecule has 1 aliphatic rings. The van der Waals surface area contributed by atoms with Gasteiger partial charge in [-0.3, -0.25) is 14.5 Å². The maximum atomic E-state index is 12.7. The van der Waals surface area contributed by atoms with Gasteiger partial charge in [0, 0.05) is 26.2 Å². The summed E-state index contributed by atoms with van der Waals surface area (Å²) < 4.78 is 4.69. The summed E-state index contributed by atoms with van der Waals surface area (Å²) in [6, 6.07) is 3.58. The number of hydrogen-bond acceptors (Lipinski definition) is 5. The number of carbonyl (C=O) groups is 2. The summed E-state index contributed by atoms with van der Waals surface area (Å²) in [6.45, 7) is 6.45. The fourth-order valence-corrected chi connectivity index (χ4v) is 2.87. The van der Waals surface area contributed by atoms with Crippen molar-refractivity contribution in [1.82, 2.24) is 9.80 Å². The molecule has 23 heavy (non-hydrogen) atoms. The molecular formula is C17H24N2O4. The van der Waals surface area contributed by atoms with Crippen molar-refractivity contribution >= 4 is 11.9 Å². The largest absolute Gasteiger partial charge is 0.507 e. The topological polar surface area (TPSA) is 70.1 Å². The van der Waals surface area contributed by atoms with Gasteiger partial charge in [-0.2, -0.15) is 0 Å². The molecule has 0 saturated carbocycles. The highest BCUT2D eigenvalue weighted by atomic mass is 16.5. The van der Waals surface area contributed by atoms with Gasteiger partial charge in [0.1, 0.15) is 5.75 Å². The molecule has 1 heterocycles. The molecule has 0 unspecified atom stereocenters. The number of phenolic OH excluding ortho intramolecular Hbond substituents is 1. The van der Waals surface area contributed by atoms with Crippen molar-refractivity contribution < 1.29 is 19.4 Å². The molecular weight excluding hydrogens is 296 g/mol.